The molecule has 0 aliphatic carbocycles. The molecule has 0 aliphatic heterocycles. The van der Waals surface area contributed by atoms with Crippen LogP contribution in [-0.4, -0.2) is 22.6 Å². The summed E-state index contributed by atoms with van der Waals surface area (Å²) >= 11 is 0. The van der Waals surface area contributed by atoms with Crippen molar-refractivity contribution in [1.82, 2.24) is 9.55 Å². The molecule has 0 unspecified atom stereocenters. The summed E-state index contributed by atoms with van der Waals surface area (Å²) in [6.07, 6.45) is 2.50. The third-order valence-corrected chi connectivity index (χ3v) is 2.02. The minimum Gasteiger partial charge on any atom is -0.351 e. The number of carbonyl (C=O) groups is 1. The molecule has 0 saturated heterocycles. The van der Waals surface area contributed by atoms with E-state index < -0.39 is 6.03 Å². The first-order valence-electron chi connectivity index (χ1n) is 4.11. The third-order valence-electron chi connectivity index (χ3n) is 2.02. The summed E-state index contributed by atoms with van der Waals surface area (Å²) in [5.41, 5.74) is 6.14. The first-order valence-corrected chi connectivity index (χ1v) is 4.11. The van der Waals surface area contributed by atoms with Crippen LogP contribution >= 0.6 is 0 Å². The van der Waals surface area contributed by atoms with E-state index in [0.29, 0.717) is 5.82 Å². The van der Waals surface area contributed by atoms with Gasteiger partial charge in [0.05, 0.1) is 12.0 Å². The zero-order valence-electron chi connectivity index (χ0n) is 8.11. The van der Waals surface area contributed by atoms with E-state index in [0.717, 1.165) is 12.1 Å². The summed E-state index contributed by atoms with van der Waals surface area (Å²) in [6.45, 7) is 2.01. The van der Waals surface area contributed by atoms with E-state index in [1.165, 1.54) is 4.90 Å². The molecule has 0 atom stereocenters. The van der Waals surface area contributed by atoms with Gasteiger partial charge >= 0.3 is 6.03 Å². The van der Waals surface area contributed by atoms with Gasteiger partial charge in [-0.05, 0) is 6.42 Å². The summed E-state index contributed by atoms with van der Waals surface area (Å²) in [6, 6.07) is -0.492. The molecule has 0 fully saturated rings. The molecule has 5 nitrogen and oxygen atoms in total. The van der Waals surface area contributed by atoms with Crippen molar-refractivity contribution in [2.45, 2.75) is 13.3 Å². The molecular formula is C8H14N4O. The quantitative estimate of drug-likeness (QED) is 0.723. The van der Waals surface area contributed by atoms with Gasteiger partial charge < -0.3 is 10.3 Å². The van der Waals surface area contributed by atoms with Crippen LogP contribution in [0.3, 0.4) is 0 Å². The van der Waals surface area contributed by atoms with Gasteiger partial charge in [-0.25, -0.2) is 9.78 Å². The van der Waals surface area contributed by atoms with E-state index in [1.807, 2.05) is 18.5 Å². The van der Waals surface area contributed by atoms with Crippen molar-refractivity contribution >= 4 is 11.8 Å². The Hall–Kier alpha value is -1.52. The number of nitrogens with two attached hydrogens (primary N) is 1. The highest BCUT2D eigenvalue weighted by molar-refractivity contribution is 5.89. The number of amides is 2. The first-order chi connectivity index (χ1) is 6.07. The van der Waals surface area contributed by atoms with E-state index in [9.17, 15) is 4.79 Å². The Morgan fingerprint density at radius 3 is 2.85 bits per heavy atom. The molecule has 5 heteroatoms. The number of rotatable bonds is 2. The van der Waals surface area contributed by atoms with E-state index in [2.05, 4.69) is 4.98 Å². The number of urea groups is 1. The number of aryl methyl sites for hydroxylation is 1. The monoisotopic (exact) mass is 182 g/mol. The highest BCUT2D eigenvalue weighted by atomic mass is 16.2. The largest absolute Gasteiger partial charge is 0.351 e. The fraction of sp³-hybridized carbons (Fsp3) is 0.500. The van der Waals surface area contributed by atoms with Crippen molar-refractivity contribution in [3.05, 3.63) is 12.0 Å². The molecule has 0 aromatic carbocycles. The van der Waals surface area contributed by atoms with Gasteiger partial charge in [0.2, 0.25) is 0 Å². The van der Waals surface area contributed by atoms with Crippen molar-refractivity contribution < 1.29 is 4.79 Å². The van der Waals surface area contributed by atoms with Gasteiger partial charge in [0, 0.05) is 14.1 Å². The number of hydrogen-bond acceptors (Lipinski definition) is 2. The fourth-order valence-corrected chi connectivity index (χ4v) is 1.24. The molecule has 1 aromatic heterocycles. The fourth-order valence-electron chi connectivity index (χ4n) is 1.24. The summed E-state index contributed by atoms with van der Waals surface area (Å²) in [5.74, 6) is 0.637. The summed E-state index contributed by atoms with van der Waals surface area (Å²) < 4.78 is 1.88. The molecule has 1 rings (SSSR count). The number of nitrogens with zero attached hydrogens (tertiary/aromatic N) is 3. The smallest absolute Gasteiger partial charge is 0.320 e. The van der Waals surface area contributed by atoms with Crippen molar-refractivity contribution in [2.75, 3.05) is 11.9 Å². The van der Waals surface area contributed by atoms with Crippen LogP contribution in [0.25, 0.3) is 0 Å². The van der Waals surface area contributed by atoms with Crippen molar-refractivity contribution in [3.8, 4) is 0 Å². The summed E-state index contributed by atoms with van der Waals surface area (Å²) in [5, 5.41) is 0. The highest BCUT2D eigenvalue weighted by Gasteiger charge is 2.14. The maximum Gasteiger partial charge on any atom is 0.320 e. The van der Waals surface area contributed by atoms with Crippen LogP contribution in [0.15, 0.2) is 6.33 Å². The minimum absolute atomic E-state index is 0.492. The lowest BCUT2D eigenvalue weighted by atomic mass is 10.3. The van der Waals surface area contributed by atoms with Gasteiger partial charge in [0.15, 0.2) is 5.82 Å². The van der Waals surface area contributed by atoms with Crippen LogP contribution in [-0.2, 0) is 13.5 Å². The zero-order chi connectivity index (χ0) is 10.0. The Kier molecular flexibility index (Phi) is 2.55. The van der Waals surface area contributed by atoms with Crippen molar-refractivity contribution in [1.29, 1.82) is 0 Å². The molecule has 13 heavy (non-hydrogen) atoms. The average molecular weight is 182 g/mol. The van der Waals surface area contributed by atoms with Crippen LogP contribution in [0.5, 0.6) is 0 Å². The SMILES string of the molecule is CCc1c(N(C)C(N)=O)ncn1C. The minimum atomic E-state index is -0.492. The summed E-state index contributed by atoms with van der Waals surface area (Å²) in [7, 11) is 3.51. The number of aromatic nitrogens is 2. The molecule has 0 spiro atoms. The Morgan fingerprint density at radius 1 is 1.77 bits per heavy atom. The van der Waals surface area contributed by atoms with Crippen LogP contribution in [0, 0.1) is 0 Å². The zero-order valence-corrected chi connectivity index (χ0v) is 8.11. The molecule has 2 amide bonds. The van der Waals surface area contributed by atoms with Crippen LogP contribution in [0.2, 0.25) is 0 Å². The molecule has 1 heterocycles. The molecule has 0 aliphatic rings. The van der Waals surface area contributed by atoms with Gasteiger partial charge in [0.25, 0.3) is 0 Å². The predicted octanol–water partition coefficient (Wildman–Crippen LogP) is 0.497. The second-order valence-corrected chi connectivity index (χ2v) is 2.88. The molecule has 0 bridgehead atoms. The van der Waals surface area contributed by atoms with E-state index in [-0.39, 0.29) is 0 Å². The summed E-state index contributed by atoms with van der Waals surface area (Å²) in [4.78, 5) is 16.3. The normalized spacial score (nSPS) is 10.1. The standard InChI is InChI=1S/C8H14N4O/c1-4-6-7(10-5-11(6)2)12(3)8(9)13/h5H,4H2,1-3H3,(H2,9,13). The van der Waals surface area contributed by atoms with E-state index in [4.69, 9.17) is 5.73 Å². The second kappa shape index (κ2) is 3.47. The molecule has 0 saturated carbocycles. The number of imidazole rings is 1. The maximum atomic E-state index is 10.9. The van der Waals surface area contributed by atoms with Gasteiger partial charge in [-0.2, -0.15) is 0 Å². The maximum absolute atomic E-state index is 10.9. The molecule has 72 valence electrons. The Bertz CT molecular complexity index is 318. The molecule has 0 radical (unpaired) electrons. The lowest BCUT2D eigenvalue weighted by Gasteiger charge is -2.13. The predicted molar refractivity (Wildman–Crippen MR) is 50.6 cm³/mol. The van der Waals surface area contributed by atoms with Gasteiger partial charge in [-0.1, -0.05) is 6.92 Å². The van der Waals surface area contributed by atoms with Crippen LogP contribution in [0.1, 0.15) is 12.6 Å². The van der Waals surface area contributed by atoms with Gasteiger partial charge in [-0.3, -0.25) is 4.90 Å². The molecular weight excluding hydrogens is 168 g/mol. The Balaban J connectivity index is 3.06. The van der Waals surface area contributed by atoms with Crippen LogP contribution in [0.4, 0.5) is 10.6 Å². The first kappa shape index (κ1) is 9.57. The van der Waals surface area contributed by atoms with Crippen molar-refractivity contribution in [2.24, 2.45) is 12.8 Å². The number of carbonyl (C=O) groups excluding carboxylic acids is 1. The third kappa shape index (κ3) is 1.63. The van der Waals surface area contributed by atoms with E-state index in [1.54, 1.807) is 13.4 Å². The average Bonchev–Trinajstić information content (AvgIpc) is 2.45. The lowest BCUT2D eigenvalue weighted by Crippen LogP contribution is -2.32. The lowest BCUT2D eigenvalue weighted by molar-refractivity contribution is 0.255. The van der Waals surface area contributed by atoms with Gasteiger partial charge in [0.1, 0.15) is 0 Å². The molecule has 2 N–H and O–H groups in total. The van der Waals surface area contributed by atoms with Gasteiger partial charge in [-0.15, -0.1) is 0 Å². The van der Waals surface area contributed by atoms with Crippen LogP contribution < -0.4 is 10.6 Å². The highest BCUT2D eigenvalue weighted by Crippen LogP contribution is 2.16. The number of primary amides is 1. The number of anilines is 1. The molecule has 1 aromatic rings. The Labute approximate surface area is 77.2 Å². The topological polar surface area (TPSA) is 64.2 Å². The van der Waals surface area contributed by atoms with Crippen molar-refractivity contribution in [3.63, 3.8) is 0 Å². The number of hydrogen-bond donors (Lipinski definition) is 1. The van der Waals surface area contributed by atoms with E-state index >= 15 is 0 Å². The second-order valence-electron chi connectivity index (χ2n) is 2.88. The Morgan fingerprint density at radius 2 is 2.38 bits per heavy atom.